The molecule has 1 aromatic heterocycles. The van der Waals surface area contributed by atoms with Crippen molar-refractivity contribution < 1.29 is 4.39 Å². The summed E-state index contributed by atoms with van der Waals surface area (Å²) in [5.41, 5.74) is 8.00. The summed E-state index contributed by atoms with van der Waals surface area (Å²) in [6.07, 6.45) is 3.19. The van der Waals surface area contributed by atoms with Gasteiger partial charge in [0, 0.05) is 23.2 Å². The number of aromatic nitrogens is 1. The number of nitrogens with two attached hydrogens (primary N) is 1. The SMILES string of the molecule is CCN(c1cccc(F)c1)c1nc2c(s1)CCCC2N. The van der Waals surface area contributed by atoms with Gasteiger partial charge in [0.15, 0.2) is 5.13 Å². The zero-order valence-electron chi connectivity index (χ0n) is 11.5. The lowest BCUT2D eigenvalue weighted by Crippen LogP contribution is -2.18. The number of thiazole rings is 1. The molecular weight excluding hydrogens is 273 g/mol. The summed E-state index contributed by atoms with van der Waals surface area (Å²) in [6.45, 7) is 2.80. The molecular formula is C15H18FN3S. The van der Waals surface area contributed by atoms with Crippen LogP contribution in [0.3, 0.4) is 0 Å². The third-order valence-corrected chi connectivity index (χ3v) is 4.81. The van der Waals surface area contributed by atoms with Gasteiger partial charge in [0.1, 0.15) is 5.82 Å². The fourth-order valence-corrected chi connectivity index (χ4v) is 3.88. The molecule has 1 aliphatic carbocycles. The van der Waals surface area contributed by atoms with Gasteiger partial charge in [-0.25, -0.2) is 9.37 Å². The Bertz CT molecular complexity index is 611. The van der Waals surface area contributed by atoms with Crippen molar-refractivity contribution in [1.82, 2.24) is 4.98 Å². The molecule has 1 unspecified atom stereocenters. The average molecular weight is 291 g/mol. The van der Waals surface area contributed by atoms with E-state index in [1.165, 1.54) is 10.9 Å². The quantitative estimate of drug-likeness (QED) is 0.936. The summed E-state index contributed by atoms with van der Waals surface area (Å²) >= 11 is 1.68. The maximum absolute atomic E-state index is 13.4. The topological polar surface area (TPSA) is 42.2 Å². The number of anilines is 2. The first kappa shape index (κ1) is 13.5. The van der Waals surface area contributed by atoms with Crippen molar-refractivity contribution in [3.8, 4) is 0 Å². The Labute approximate surface area is 122 Å². The van der Waals surface area contributed by atoms with E-state index in [1.807, 2.05) is 17.9 Å². The maximum Gasteiger partial charge on any atom is 0.190 e. The zero-order valence-corrected chi connectivity index (χ0v) is 12.3. The average Bonchev–Trinajstić information content (AvgIpc) is 2.85. The number of hydrogen-bond acceptors (Lipinski definition) is 4. The van der Waals surface area contributed by atoms with Crippen LogP contribution in [-0.2, 0) is 6.42 Å². The minimum atomic E-state index is -0.223. The number of hydrogen-bond donors (Lipinski definition) is 1. The standard InChI is InChI=1S/C15H18FN3S/c1-2-19(11-6-3-5-10(16)9-11)15-18-14-12(17)7-4-8-13(14)20-15/h3,5-6,9,12H,2,4,7-8,17H2,1H3. The fourth-order valence-electron chi connectivity index (χ4n) is 2.63. The Balaban J connectivity index is 1.98. The first-order valence-electron chi connectivity index (χ1n) is 6.97. The van der Waals surface area contributed by atoms with Crippen LogP contribution in [0.15, 0.2) is 24.3 Å². The number of fused-ring (bicyclic) bond motifs is 1. The molecule has 5 heteroatoms. The van der Waals surface area contributed by atoms with Gasteiger partial charge in [0.05, 0.1) is 5.69 Å². The van der Waals surface area contributed by atoms with Crippen molar-refractivity contribution in [3.05, 3.63) is 40.7 Å². The molecule has 3 rings (SSSR count). The highest BCUT2D eigenvalue weighted by atomic mass is 32.1. The predicted molar refractivity (Wildman–Crippen MR) is 81.1 cm³/mol. The van der Waals surface area contributed by atoms with Gasteiger partial charge in [0.25, 0.3) is 0 Å². The second kappa shape index (κ2) is 5.50. The molecule has 0 saturated heterocycles. The molecule has 1 heterocycles. The molecule has 0 radical (unpaired) electrons. The lowest BCUT2D eigenvalue weighted by molar-refractivity contribution is 0.563. The molecule has 2 aromatic rings. The second-order valence-corrected chi connectivity index (χ2v) is 6.09. The molecule has 1 aliphatic rings. The van der Waals surface area contributed by atoms with Gasteiger partial charge >= 0.3 is 0 Å². The molecule has 0 aliphatic heterocycles. The molecule has 0 amide bonds. The lowest BCUT2D eigenvalue weighted by Gasteiger charge is -2.20. The molecule has 0 bridgehead atoms. The smallest absolute Gasteiger partial charge is 0.190 e. The van der Waals surface area contributed by atoms with Crippen molar-refractivity contribution in [2.24, 2.45) is 5.73 Å². The molecule has 3 nitrogen and oxygen atoms in total. The summed E-state index contributed by atoms with van der Waals surface area (Å²) < 4.78 is 13.4. The molecule has 106 valence electrons. The molecule has 1 aromatic carbocycles. The van der Waals surface area contributed by atoms with Gasteiger partial charge in [0.2, 0.25) is 0 Å². The van der Waals surface area contributed by atoms with Crippen LogP contribution in [0.1, 0.15) is 36.4 Å². The zero-order chi connectivity index (χ0) is 14.1. The predicted octanol–water partition coefficient (Wildman–Crippen LogP) is 3.78. The van der Waals surface area contributed by atoms with Crippen LogP contribution in [-0.4, -0.2) is 11.5 Å². The molecule has 2 N–H and O–H groups in total. The van der Waals surface area contributed by atoms with Crippen molar-refractivity contribution in [1.29, 1.82) is 0 Å². The third kappa shape index (κ3) is 2.43. The first-order chi connectivity index (χ1) is 9.69. The van der Waals surface area contributed by atoms with Gasteiger partial charge in [-0.2, -0.15) is 0 Å². The van der Waals surface area contributed by atoms with Gasteiger partial charge < -0.3 is 10.6 Å². The summed E-state index contributed by atoms with van der Waals surface area (Å²) in [6, 6.07) is 6.69. The van der Waals surface area contributed by atoms with Crippen LogP contribution in [0.4, 0.5) is 15.2 Å². The van der Waals surface area contributed by atoms with Crippen molar-refractivity contribution >= 4 is 22.2 Å². The molecule has 20 heavy (non-hydrogen) atoms. The van der Waals surface area contributed by atoms with E-state index in [4.69, 9.17) is 10.7 Å². The highest BCUT2D eigenvalue weighted by molar-refractivity contribution is 7.15. The van der Waals surface area contributed by atoms with Crippen LogP contribution >= 0.6 is 11.3 Å². The number of benzene rings is 1. The van der Waals surface area contributed by atoms with E-state index in [9.17, 15) is 4.39 Å². The van der Waals surface area contributed by atoms with Gasteiger partial charge in [-0.05, 0) is 44.4 Å². The van der Waals surface area contributed by atoms with E-state index in [1.54, 1.807) is 23.5 Å². The Morgan fingerprint density at radius 1 is 1.50 bits per heavy atom. The van der Waals surface area contributed by atoms with Gasteiger partial charge in [-0.15, -0.1) is 11.3 Å². The van der Waals surface area contributed by atoms with Crippen LogP contribution in [0, 0.1) is 5.82 Å². The van der Waals surface area contributed by atoms with E-state index in [2.05, 4.69) is 0 Å². The monoisotopic (exact) mass is 291 g/mol. The van der Waals surface area contributed by atoms with Crippen LogP contribution in [0.2, 0.25) is 0 Å². The molecule has 0 saturated carbocycles. The normalized spacial score (nSPS) is 17.9. The highest BCUT2D eigenvalue weighted by Gasteiger charge is 2.24. The Morgan fingerprint density at radius 3 is 3.05 bits per heavy atom. The van der Waals surface area contributed by atoms with Crippen molar-refractivity contribution in [3.63, 3.8) is 0 Å². The molecule has 0 spiro atoms. The third-order valence-electron chi connectivity index (χ3n) is 3.65. The number of halogens is 1. The number of rotatable bonds is 3. The molecule has 0 fully saturated rings. The summed E-state index contributed by atoms with van der Waals surface area (Å²) in [4.78, 5) is 8.03. The van der Waals surface area contributed by atoms with E-state index >= 15 is 0 Å². The van der Waals surface area contributed by atoms with Gasteiger partial charge in [-0.3, -0.25) is 0 Å². The minimum absolute atomic E-state index is 0.0509. The maximum atomic E-state index is 13.4. The summed E-state index contributed by atoms with van der Waals surface area (Å²) in [5.74, 6) is -0.223. The first-order valence-corrected chi connectivity index (χ1v) is 7.79. The van der Waals surface area contributed by atoms with E-state index < -0.39 is 0 Å². The number of aryl methyl sites for hydroxylation is 1. The Hall–Kier alpha value is -1.46. The molecule has 1 atom stereocenters. The fraction of sp³-hybridized carbons (Fsp3) is 0.400. The van der Waals surface area contributed by atoms with Crippen molar-refractivity contribution in [2.75, 3.05) is 11.4 Å². The van der Waals surface area contributed by atoms with Gasteiger partial charge in [-0.1, -0.05) is 6.07 Å². The number of nitrogens with zero attached hydrogens (tertiary/aromatic N) is 2. The van der Waals surface area contributed by atoms with Crippen LogP contribution in [0.5, 0.6) is 0 Å². The van der Waals surface area contributed by atoms with E-state index in [-0.39, 0.29) is 11.9 Å². The summed E-state index contributed by atoms with van der Waals surface area (Å²) in [7, 11) is 0. The van der Waals surface area contributed by atoms with Crippen LogP contribution < -0.4 is 10.6 Å². The lowest BCUT2D eigenvalue weighted by atomic mass is 9.99. The van der Waals surface area contributed by atoms with E-state index in [0.717, 1.165) is 42.3 Å². The van der Waals surface area contributed by atoms with E-state index in [0.29, 0.717) is 0 Å². The summed E-state index contributed by atoms with van der Waals surface area (Å²) in [5, 5.41) is 0.917. The largest absolute Gasteiger partial charge is 0.323 e. The second-order valence-electron chi connectivity index (χ2n) is 5.03. The van der Waals surface area contributed by atoms with Crippen LogP contribution in [0.25, 0.3) is 0 Å². The highest BCUT2D eigenvalue weighted by Crippen LogP contribution is 2.37. The Morgan fingerprint density at radius 2 is 2.35 bits per heavy atom. The minimum Gasteiger partial charge on any atom is -0.323 e. The van der Waals surface area contributed by atoms with Crippen molar-refractivity contribution in [2.45, 2.75) is 32.2 Å². The Kier molecular flexibility index (Phi) is 3.72.